The summed E-state index contributed by atoms with van der Waals surface area (Å²) in [6.45, 7) is 0. The Balaban J connectivity index is 1.98. The molecule has 0 spiro atoms. The number of pyridine rings is 1. The van der Waals surface area contributed by atoms with E-state index in [1.165, 1.54) is 0 Å². The highest BCUT2D eigenvalue weighted by atomic mass is 35.5. The molecule has 104 valence electrons. The highest BCUT2D eigenvalue weighted by Gasteiger charge is 2.11. The Labute approximate surface area is 127 Å². The third kappa shape index (κ3) is 2.73. The molecule has 3 aromatic rings. The number of para-hydroxylation sites is 1. The summed E-state index contributed by atoms with van der Waals surface area (Å²) in [5, 5.41) is 3.75. The molecule has 0 saturated heterocycles. The van der Waals surface area contributed by atoms with Gasteiger partial charge in [0.2, 0.25) is 0 Å². The van der Waals surface area contributed by atoms with Gasteiger partial charge in [0.25, 0.3) is 5.91 Å². The number of nitrogens with one attached hydrogen (secondary N) is 1. The number of hydrogen-bond acceptors (Lipinski definition) is 2. The van der Waals surface area contributed by atoms with Crippen LogP contribution in [0.1, 0.15) is 15.9 Å². The van der Waals surface area contributed by atoms with E-state index in [1.54, 1.807) is 12.3 Å². The van der Waals surface area contributed by atoms with Crippen molar-refractivity contribution < 1.29 is 4.79 Å². The lowest BCUT2D eigenvalue weighted by molar-refractivity contribution is 0.102. The third-order valence-electron chi connectivity index (χ3n) is 3.30. The number of alkyl halides is 1. The van der Waals surface area contributed by atoms with Gasteiger partial charge in [0.1, 0.15) is 0 Å². The lowest BCUT2D eigenvalue weighted by Crippen LogP contribution is -2.13. The zero-order chi connectivity index (χ0) is 14.7. The molecule has 3 nitrogen and oxygen atoms in total. The molecular weight excluding hydrogens is 284 g/mol. The molecule has 0 radical (unpaired) electrons. The summed E-state index contributed by atoms with van der Waals surface area (Å²) in [7, 11) is 0. The van der Waals surface area contributed by atoms with Crippen LogP contribution in [0.5, 0.6) is 0 Å². The summed E-state index contributed by atoms with van der Waals surface area (Å²) in [4.78, 5) is 16.8. The summed E-state index contributed by atoms with van der Waals surface area (Å²) in [5.74, 6) is 0.194. The molecule has 1 N–H and O–H groups in total. The molecule has 4 heteroatoms. The van der Waals surface area contributed by atoms with Crippen LogP contribution in [0, 0.1) is 0 Å². The van der Waals surface area contributed by atoms with Gasteiger partial charge < -0.3 is 5.32 Å². The van der Waals surface area contributed by atoms with E-state index in [1.807, 2.05) is 48.5 Å². The highest BCUT2D eigenvalue weighted by Crippen LogP contribution is 2.21. The minimum absolute atomic E-state index is 0.161. The van der Waals surface area contributed by atoms with Crippen LogP contribution in [-0.2, 0) is 5.88 Å². The van der Waals surface area contributed by atoms with E-state index < -0.39 is 0 Å². The Bertz CT molecular complexity index is 796. The summed E-state index contributed by atoms with van der Waals surface area (Å²) in [5.41, 5.74) is 3.03. The highest BCUT2D eigenvalue weighted by molar-refractivity contribution is 6.18. The lowest BCUT2D eigenvalue weighted by Gasteiger charge is -2.10. The monoisotopic (exact) mass is 296 g/mol. The van der Waals surface area contributed by atoms with Crippen molar-refractivity contribution in [3.05, 3.63) is 71.9 Å². The molecule has 2 aromatic carbocycles. The van der Waals surface area contributed by atoms with Crippen molar-refractivity contribution in [2.24, 2.45) is 0 Å². The van der Waals surface area contributed by atoms with Gasteiger partial charge in [0.15, 0.2) is 0 Å². The predicted molar refractivity (Wildman–Crippen MR) is 85.7 cm³/mol. The number of hydrogen-bond donors (Lipinski definition) is 1. The van der Waals surface area contributed by atoms with Gasteiger partial charge in [0, 0.05) is 28.7 Å². The van der Waals surface area contributed by atoms with Crippen molar-refractivity contribution >= 4 is 34.1 Å². The van der Waals surface area contributed by atoms with Crippen LogP contribution < -0.4 is 5.32 Å². The Morgan fingerprint density at radius 3 is 2.76 bits per heavy atom. The minimum Gasteiger partial charge on any atom is -0.322 e. The number of carbonyl (C=O) groups is 1. The fourth-order valence-corrected chi connectivity index (χ4v) is 2.48. The molecule has 0 bridgehead atoms. The second-order valence-electron chi connectivity index (χ2n) is 4.62. The van der Waals surface area contributed by atoms with Gasteiger partial charge in [-0.3, -0.25) is 9.78 Å². The molecule has 0 aliphatic heterocycles. The molecule has 21 heavy (non-hydrogen) atoms. The normalized spacial score (nSPS) is 10.5. The average Bonchev–Trinajstić information content (AvgIpc) is 2.54. The SMILES string of the molecule is O=C(Nc1ccccc1CCl)c1cccc2ncccc12. The Hall–Kier alpha value is -2.39. The molecule has 1 amide bonds. The second-order valence-corrected chi connectivity index (χ2v) is 4.89. The predicted octanol–water partition coefficient (Wildman–Crippen LogP) is 4.23. The first-order valence-corrected chi connectivity index (χ1v) is 7.12. The van der Waals surface area contributed by atoms with Crippen molar-refractivity contribution in [1.29, 1.82) is 0 Å². The number of benzene rings is 2. The molecule has 0 aliphatic carbocycles. The standard InChI is InChI=1S/C17H13ClN2O/c18-11-12-5-1-2-8-15(12)20-17(21)14-6-3-9-16-13(14)7-4-10-19-16/h1-10H,11H2,(H,20,21). The maximum Gasteiger partial charge on any atom is 0.256 e. The van der Waals surface area contributed by atoms with Crippen molar-refractivity contribution in [3.63, 3.8) is 0 Å². The first-order chi connectivity index (χ1) is 10.3. The van der Waals surface area contributed by atoms with E-state index in [0.29, 0.717) is 11.4 Å². The Morgan fingerprint density at radius 2 is 1.90 bits per heavy atom. The van der Waals surface area contributed by atoms with E-state index in [-0.39, 0.29) is 5.91 Å². The number of fused-ring (bicyclic) bond motifs is 1. The van der Waals surface area contributed by atoms with E-state index in [9.17, 15) is 4.79 Å². The molecule has 1 aromatic heterocycles. The summed E-state index contributed by atoms with van der Waals surface area (Å²) >= 11 is 5.90. The van der Waals surface area contributed by atoms with E-state index >= 15 is 0 Å². The van der Waals surface area contributed by atoms with Crippen LogP contribution in [0.2, 0.25) is 0 Å². The minimum atomic E-state index is -0.161. The second kappa shape index (κ2) is 5.94. The fourth-order valence-electron chi connectivity index (χ4n) is 2.25. The largest absolute Gasteiger partial charge is 0.322 e. The van der Waals surface area contributed by atoms with Gasteiger partial charge in [-0.15, -0.1) is 11.6 Å². The number of aromatic nitrogens is 1. The lowest BCUT2D eigenvalue weighted by atomic mass is 10.1. The quantitative estimate of drug-likeness (QED) is 0.735. The molecule has 0 unspecified atom stereocenters. The summed E-state index contributed by atoms with van der Waals surface area (Å²) in [6, 6.07) is 16.7. The van der Waals surface area contributed by atoms with Crippen molar-refractivity contribution in [3.8, 4) is 0 Å². The molecule has 0 saturated carbocycles. The Kier molecular flexibility index (Phi) is 3.84. The number of amides is 1. The number of nitrogens with zero attached hydrogens (tertiary/aromatic N) is 1. The average molecular weight is 297 g/mol. The number of rotatable bonds is 3. The zero-order valence-corrected chi connectivity index (χ0v) is 12.0. The molecule has 0 fully saturated rings. The van der Waals surface area contributed by atoms with Crippen molar-refractivity contribution in [1.82, 2.24) is 4.98 Å². The van der Waals surface area contributed by atoms with Crippen LogP contribution in [0.15, 0.2) is 60.8 Å². The number of halogens is 1. The van der Waals surface area contributed by atoms with E-state index in [4.69, 9.17) is 11.6 Å². The Morgan fingerprint density at radius 1 is 1.05 bits per heavy atom. The number of anilines is 1. The maximum absolute atomic E-state index is 12.5. The van der Waals surface area contributed by atoms with Crippen LogP contribution in [-0.4, -0.2) is 10.9 Å². The summed E-state index contributed by atoms with van der Waals surface area (Å²) in [6.07, 6.45) is 1.72. The number of carbonyl (C=O) groups excluding carboxylic acids is 1. The molecular formula is C17H13ClN2O. The van der Waals surface area contributed by atoms with Gasteiger partial charge in [-0.1, -0.05) is 30.3 Å². The first kappa shape index (κ1) is 13.6. The van der Waals surface area contributed by atoms with Crippen molar-refractivity contribution in [2.75, 3.05) is 5.32 Å². The first-order valence-electron chi connectivity index (χ1n) is 6.58. The van der Waals surface area contributed by atoms with Crippen molar-refractivity contribution in [2.45, 2.75) is 5.88 Å². The van der Waals surface area contributed by atoms with Gasteiger partial charge in [0.05, 0.1) is 5.52 Å². The maximum atomic E-state index is 12.5. The van der Waals surface area contributed by atoms with Gasteiger partial charge in [-0.25, -0.2) is 0 Å². The van der Waals surface area contributed by atoms with Crippen LogP contribution in [0.25, 0.3) is 10.9 Å². The molecule has 0 aliphatic rings. The zero-order valence-electron chi connectivity index (χ0n) is 11.2. The van der Waals surface area contributed by atoms with Crippen LogP contribution >= 0.6 is 11.6 Å². The van der Waals surface area contributed by atoms with E-state index in [0.717, 1.165) is 22.2 Å². The molecule has 3 rings (SSSR count). The van der Waals surface area contributed by atoms with Gasteiger partial charge >= 0.3 is 0 Å². The van der Waals surface area contributed by atoms with Gasteiger partial charge in [-0.2, -0.15) is 0 Å². The van der Waals surface area contributed by atoms with Crippen LogP contribution in [0.3, 0.4) is 0 Å². The van der Waals surface area contributed by atoms with E-state index in [2.05, 4.69) is 10.3 Å². The summed E-state index contributed by atoms with van der Waals surface area (Å²) < 4.78 is 0. The molecule has 0 atom stereocenters. The third-order valence-corrected chi connectivity index (χ3v) is 3.59. The molecule has 1 heterocycles. The fraction of sp³-hybridized carbons (Fsp3) is 0.0588. The van der Waals surface area contributed by atoms with Crippen LogP contribution in [0.4, 0.5) is 5.69 Å². The van der Waals surface area contributed by atoms with Gasteiger partial charge in [-0.05, 0) is 29.8 Å². The smallest absolute Gasteiger partial charge is 0.256 e. The topological polar surface area (TPSA) is 42.0 Å².